The first-order chi connectivity index (χ1) is 14.1. The molecule has 1 unspecified atom stereocenters. The van der Waals surface area contributed by atoms with Gasteiger partial charge in [0.25, 0.3) is 0 Å². The molecule has 1 fully saturated rings. The van der Waals surface area contributed by atoms with Crippen molar-refractivity contribution < 1.29 is 19.4 Å². The third-order valence-corrected chi connectivity index (χ3v) is 5.21. The quantitative estimate of drug-likeness (QED) is 0.656. The number of piperazine rings is 1. The average Bonchev–Trinajstić information content (AvgIpc) is 2.78. The van der Waals surface area contributed by atoms with Gasteiger partial charge in [-0.25, -0.2) is 0 Å². The van der Waals surface area contributed by atoms with E-state index in [9.17, 15) is 9.90 Å². The zero-order valence-corrected chi connectivity index (χ0v) is 17.2. The average molecular weight is 399 g/mol. The summed E-state index contributed by atoms with van der Waals surface area (Å²) in [5, 5.41) is 10.4. The van der Waals surface area contributed by atoms with E-state index in [4.69, 9.17) is 9.47 Å². The lowest BCUT2D eigenvalue weighted by atomic mass is 10.1. The van der Waals surface area contributed by atoms with Gasteiger partial charge in [-0.1, -0.05) is 19.1 Å². The summed E-state index contributed by atoms with van der Waals surface area (Å²) < 4.78 is 11.1. The number of anilines is 1. The highest BCUT2D eigenvalue weighted by molar-refractivity contribution is 5.95. The lowest BCUT2D eigenvalue weighted by molar-refractivity contribution is 0.0662. The highest BCUT2D eigenvalue weighted by Crippen LogP contribution is 2.28. The summed E-state index contributed by atoms with van der Waals surface area (Å²) >= 11 is 0. The smallest absolute Gasteiger partial charge is 0.162 e. The van der Waals surface area contributed by atoms with Gasteiger partial charge in [0.15, 0.2) is 5.78 Å². The van der Waals surface area contributed by atoms with Crippen LogP contribution in [0.1, 0.15) is 23.7 Å². The number of ketones is 1. The van der Waals surface area contributed by atoms with Gasteiger partial charge in [0.2, 0.25) is 0 Å². The monoisotopic (exact) mass is 398 g/mol. The Bertz CT molecular complexity index is 786. The molecule has 0 aromatic heterocycles. The predicted molar refractivity (Wildman–Crippen MR) is 114 cm³/mol. The van der Waals surface area contributed by atoms with Crippen LogP contribution in [0.3, 0.4) is 0 Å². The van der Waals surface area contributed by atoms with Gasteiger partial charge in [-0.05, 0) is 36.4 Å². The molecular formula is C23H30N2O4. The van der Waals surface area contributed by atoms with Gasteiger partial charge in [-0.3, -0.25) is 9.69 Å². The van der Waals surface area contributed by atoms with Gasteiger partial charge in [-0.2, -0.15) is 0 Å². The molecule has 1 aliphatic rings. The number of ether oxygens (including phenoxy) is 2. The van der Waals surface area contributed by atoms with Crippen molar-refractivity contribution in [2.75, 3.05) is 51.3 Å². The fourth-order valence-electron chi connectivity index (χ4n) is 3.55. The molecule has 0 bridgehead atoms. The van der Waals surface area contributed by atoms with E-state index < -0.39 is 6.10 Å². The maximum Gasteiger partial charge on any atom is 0.162 e. The number of hydrogen-bond acceptors (Lipinski definition) is 6. The molecule has 1 N–H and O–H groups in total. The summed E-state index contributed by atoms with van der Waals surface area (Å²) in [6.45, 7) is 6.19. The molecule has 1 aliphatic heterocycles. The van der Waals surface area contributed by atoms with Crippen LogP contribution in [0, 0.1) is 0 Å². The molecule has 29 heavy (non-hydrogen) atoms. The Morgan fingerprint density at radius 2 is 1.76 bits per heavy atom. The number of aliphatic hydroxyl groups is 1. The van der Waals surface area contributed by atoms with Crippen LogP contribution >= 0.6 is 0 Å². The first-order valence-electron chi connectivity index (χ1n) is 10.1. The number of para-hydroxylation sites is 2. The third kappa shape index (κ3) is 5.71. The Morgan fingerprint density at radius 1 is 1.07 bits per heavy atom. The highest BCUT2D eigenvalue weighted by Gasteiger charge is 2.21. The van der Waals surface area contributed by atoms with E-state index in [-0.39, 0.29) is 12.4 Å². The van der Waals surface area contributed by atoms with Crippen molar-refractivity contribution >= 4 is 11.5 Å². The molecule has 6 nitrogen and oxygen atoms in total. The lowest BCUT2D eigenvalue weighted by Gasteiger charge is -2.37. The zero-order valence-electron chi connectivity index (χ0n) is 17.2. The van der Waals surface area contributed by atoms with Crippen LogP contribution in [0.15, 0.2) is 48.5 Å². The van der Waals surface area contributed by atoms with Crippen LogP contribution in [0.25, 0.3) is 0 Å². The molecule has 1 heterocycles. The topological polar surface area (TPSA) is 62.2 Å². The Balaban J connectivity index is 1.43. The summed E-state index contributed by atoms with van der Waals surface area (Å²) in [6.07, 6.45) is -0.0757. The number of aliphatic hydroxyl groups excluding tert-OH is 1. The van der Waals surface area contributed by atoms with Crippen molar-refractivity contribution in [2.45, 2.75) is 19.4 Å². The van der Waals surface area contributed by atoms with Gasteiger partial charge in [0.05, 0.1) is 12.8 Å². The fraction of sp³-hybridized carbons (Fsp3) is 0.435. The van der Waals surface area contributed by atoms with Gasteiger partial charge in [0, 0.05) is 44.7 Å². The normalized spacial score (nSPS) is 15.8. The van der Waals surface area contributed by atoms with Gasteiger partial charge < -0.3 is 19.5 Å². The second-order valence-corrected chi connectivity index (χ2v) is 7.23. The number of β-amino-alcohol motifs (C(OH)–C–C–N with tert-alkyl or cyclic N) is 1. The van der Waals surface area contributed by atoms with E-state index >= 15 is 0 Å². The highest BCUT2D eigenvalue weighted by atomic mass is 16.5. The largest absolute Gasteiger partial charge is 0.495 e. The van der Waals surface area contributed by atoms with Crippen molar-refractivity contribution in [1.82, 2.24) is 4.90 Å². The predicted octanol–water partition coefficient (Wildman–Crippen LogP) is 2.85. The Labute approximate surface area is 172 Å². The third-order valence-electron chi connectivity index (χ3n) is 5.21. The molecule has 1 saturated heterocycles. The van der Waals surface area contributed by atoms with E-state index in [1.165, 1.54) is 0 Å². The molecule has 2 aromatic rings. The summed E-state index contributed by atoms with van der Waals surface area (Å²) in [5.41, 5.74) is 1.80. The number of Topliss-reactive ketones (excluding diaryl/α,β-unsaturated/α-hetero) is 1. The van der Waals surface area contributed by atoms with E-state index in [0.29, 0.717) is 24.3 Å². The van der Waals surface area contributed by atoms with Gasteiger partial charge >= 0.3 is 0 Å². The van der Waals surface area contributed by atoms with Crippen LogP contribution in [-0.4, -0.2) is 68.3 Å². The molecule has 2 aromatic carbocycles. The second-order valence-electron chi connectivity index (χ2n) is 7.23. The Kier molecular flexibility index (Phi) is 7.49. The maximum atomic E-state index is 11.7. The molecule has 156 valence electrons. The van der Waals surface area contributed by atoms with E-state index in [1.54, 1.807) is 31.4 Å². The summed E-state index contributed by atoms with van der Waals surface area (Å²) in [4.78, 5) is 16.2. The number of nitrogens with zero attached hydrogens (tertiary/aromatic N) is 2. The minimum absolute atomic E-state index is 0.115. The first kappa shape index (κ1) is 21.1. The van der Waals surface area contributed by atoms with Crippen LogP contribution in [-0.2, 0) is 0 Å². The SMILES string of the molecule is CCC(=O)c1ccc(OCC(O)CN2CCN(c3ccccc3OC)CC2)cc1. The first-order valence-corrected chi connectivity index (χ1v) is 10.1. The molecule has 0 aliphatic carbocycles. The molecule has 0 amide bonds. The van der Waals surface area contributed by atoms with E-state index in [0.717, 1.165) is 37.6 Å². The van der Waals surface area contributed by atoms with Crippen LogP contribution in [0.2, 0.25) is 0 Å². The van der Waals surface area contributed by atoms with Crippen molar-refractivity contribution in [3.8, 4) is 11.5 Å². The number of methoxy groups -OCH3 is 1. The molecule has 0 spiro atoms. The molecule has 0 radical (unpaired) electrons. The number of carbonyl (C=O) groups excluding carboxylic acids is 1. The van der Waals surface area contributed by atoms with Crippen LogP contribution in [0.4, 0.5) is 5.69 Å². The second kappa shape index (κ2) is 10.3. The summed E-state index contributed by atoms with van der Waals surface area (Å²) in [7, 11) is 1.70. The number of benzene rings is 2. The minimum atomic E-state index is -0.565. The van der Waals surface area contributed by atoms with Gasteiger partial charge in [-0.15, -0.1) is 0 Å². The van der Waals surface area contributed by atoms with Crippen molar-refractivity contribution in [3.05, 3.63) is 54.1 Å². The maximum absolute atomic E-state index is 11.7. The molecule has 0 saturated carbocycles. The van der Waals surface area contributed by atoms with E-state index in [2.05, 4.69) is 15.9 Å². The number of carbonyl (C=O) groups is 1. The standard InChI is InChI=1S/C23H30N2O4/c1-3-22(27)18-8-10-20(11-9-18)29-17-19(26)16-24-12-14-25(15-13-24)21-6-4-5-7-23(21)28-2/h4-11,19,26H,3,12-17H2,1-2H3. The van der Waals surface area contributed by atoms with Crippen molar-refractivity contribution in [3.63, 3.8) is 0 Å². The fourth-order valence-corrected chi connectivity index (χ4v) is 3.55. The molecule has 6 heteroatoms. The minimum Gasteiger partial charge on any atom is -0.495 e. The Hall–Kier alpha value is -2.57. The van der Waals surface area contributed by atoms with Crippen molar-refractivity contribution in [1.29, 1.82) is 0 Å². The number of rotatable bonds is 9. The van der Waals surface area contributed by atoms with Crippen LogP contribution < -0.4 is 14.4 Å². The van der Waals surface area contributed by atoms with Gasteiger partial charge in [0.1, 0.15) is 24.2 Å². The molecular weight excluding hydrogens is 368 g/mol. The molecule has 1 atom stereocenters. The number of hydrogen-bond donors (Lipinski definition) is 1. The van der Waals surface area contributed by atoms with E-state index in [1.807, 2.05) is 25.1 Å². The zero-order chi connectivity index (χ0) is 20.6. The van der Waals surface area contributed by atoms with Crippen LogP contribution in [0.5, 0.6) is 11.5 Å². The Morgan fingerprint density at radius 3 is 2.41 bits per heavy atom. The summed E-state index contributed by atoms with van der Waals surface area (Å²) in [5.74, 6) is 1.67. The van der Waals surface area contributed by atoms with Crippen molar-refractivity contribution in [2.24, 2.45) is 0 Å². The lowest BCUT2D eigenvalue weighted by Crippen LogP contribution is -2.49. The summed E-state index contributed by atoms with van der Waals surface area (Å²) in [6, 6.07) is 15.2. The molecule has 3 rings (SSSR count).